The van der Waals surface area contributed by atoms with E-state index in [0.29, 0.717) is 18.1 Å². The molecule has 2 heterocycles. The van der Waals surface area contributed by atoms with E-state index in [1.807, 2.05) is 6.92 Å². The highest BCUT2D eigenvalue weighted by molar-refractivity contribution is 7.88. The maximum absolute atomic E-state index is 12.3. The summed E-state index contributed by atoms with van der Waals surface area (Å²) >= 11 is 0. The zero-order valence-corrected chi connectivity index (χ0v) is 12.5. The van der Waals surface area contributed by atoms with E-state index >= 15 is 0 Å². The van der Waals surface area contributed by atoms with Gasteiger partial charge in [-0.3, -0.25) is 0 Å². The van der Waals surface area contributed by atoms with Crippen LogP contribution in [-0.2, 0) is 23.1 Å². The Kier molecular flexibility index (Phi) is 4.32. The molecule has 0 radical (unpaired) electrons. The van der Waals surface area contributed by atoms with Crippen LogP contribution in [0.1, 0.15) is 17.3 Å². The quantitative estimate of drug-likeness (QED) is 0.879. The van der Waals surface area contributed by atoms with Crippen LogP contribution in [0.25, 0.3) is 0 Å². The van der Waals surface area contributed by atoms with E-state index in [9.17, 15) is 8.42 Å². The van der Waals surface area contributed by atoms with Gasteiger partial charge in [-0.25, -0.2) is 8.42 Å². The summed E-state index contributed by atoms with van der Waals surface area (Å²) in [5.74, 6) is 1.92. The molecule has 0 aliphatic carbocycles. The van der Waals surface area contributed by atoms with Gasteiger partial charge in [0.2, 0.25) is 5.09 Å². The topological polar surface area (TPSA) is 75.7 Å². The highest BCUT2D eigenvalue weighted by Gasteiger charge is 2.25. The van der Waals surface area contributed by atoms with Gasteiger partial charge in [-0.15, -0.1) is 0 Å². The van der Waals surface area contributed by atoms with Crippen molar-refractivity contribution in [2.24, 2.45) is 0 Å². The van der Waals surface area contributed by atoms with Crippen molar-refractivity contribution in [3.63, 3.8) is 0 Å². The van der Waals surface area contributed by atoms with Crippen LogP contribution in [0.5, 0.6) is 0 Å². The number of nitrogens with one attached hydrogen (secondary N) is 1. The van der Waals surface area contributed by atoms with Crippen LogP contribution in [0.2, 0.25) is 0 Å². The molecule has 0 bridgehead atoms. The molecule has 7 heteroatoms. The predicted octanol–water partition coefficient (Wildman–Crippen LogP) is 1.72. The second kappa shape index (κ2) is 5.82. The Morgan fingerprint density at radius 2 is 1.85 bits per heavy atom. The van der Waals surface area contributed by atoms with Gasteiger partial charge in [0.15, 0.2) is 0 Å². The van der Waals surface area contributed by atoms with Gasteiger partial charge in [0, 0.05) is 7.05 Å². The van der Waals surface area contributed by atoms with Gasteiger partial charge < -0.3 is 14.2 Å². The van der Waals surface area contributed by atoms with E-state index in [-0.39, 0.29) is 11.6 Å². The maximum Gasteiger partial charge on any atom is 0.276 e. The number of furan rings is 2. The first-order chi connectivity index (χ1) is 9.43. The highest BCUT2D eigenvalue weighted by atomic mass is 32.2. The second-order valence-corrected chi connectivity index (χ2v) is 6.50. The summed E-state index contributed by atoms with van der Waals surface area (Å²) in [5.41, 5.74) is 0. The lowest BCUT2D eigenvalue weighted by Gasteiger charge is -2.13. The van der Waals surface area contributed by atoms with Crippen molar-refractivity contribution in [3.05, 3.63) is 41.5 Å². The second-order valence-electron chi connectivity index (χ2n) is 4.52. The number of sulfonamides is 1. The van der Waals surface area contributed by atoms with Crippen LogP contribution in [0.4, 0.5) is 0 Å². The number of hydrogen-bond acceptors (Lipinski definition) is 5. The summed E-state index contributed by atoms with van der Waals surface area (Å²) in [6, 6.07) is 6.67. The number of rotatable bonds is 6. The molecule has 1 N–H and O–H groups in total. The van der Waals surface area contributed by atoms with Gasteiger partial charge in [0.05, 0.1) is 13.1 Å². The van der Waals surface area contributed by atoms with Crippen LogP contribution in [0.3, 0.4) is 0 Å². The van der Waals surface area contributed by atoms with Crippen LogP contribution >= 0.6 is 0 Å². The molecule has 0 aromatic carbocycles. The van der Waals surface area contributed by atoms with Gasteiger partial charge in [-0.2, -0.15) is 4.31 Å². The third kappa shape index (κ3) is 3.12. The normalized spacial score (nSPS) is 12.2. The standard InChI is InChI=1S/C13H18N2O4S/c1-10-4-5-12(18-10)9-15(3)20(16,17)13-7-6-11(19-13)8-14-2/h4-7,14H,8-9H2,1-3H3. The molecular formula is C13H18N2O4S. The van der Waals surface area contributed by atoms with Crippen LogP contribution < -0.4 is 5.32 Å². The fraction of sp³-hybridized carbons (Fsp3) is 0.385. The monoisotopic (exact) mass is 298 g/mol. The Morgan fingerprint density at radius 1 is 1.15 bits per heavy atom. The van der Waals surface area contributed by atoms with Crippen molar-refractivity contribution in [2.45, 2.75) is 25.1 Å². The summed E-state index contributed by atoms with van der Waals surface area (Å²) < 4.78 is 36.6. The lowest BCUT2D eigenvalue weighted by Crippen LogP contribution is -2.26. The molecule has 2 aromatic rings. The minimum absolute atomic E-state index is 0.0615. The first kappa shape index (κ1) is 14.8. The molecule has 0 saturated heterocycles. The van der Waals surface area contributed by atoms with E-state index in [4.69, 9.17) is 8.83 Å². The zero-order chi connectivity index (χ0) is 14.8. The molecule has 110 valence electrons. The molecule has 0 aliphatic heterocycles. The zero-order valence-electron chi connectivity index (χ0n) is 11.7. The van der Waals surface area contributed by atoms with Crippen molar-refractivity contribution in [1.82, 2.24) is 9.62 Å². The van der Waals surface area contributed by atoms with Gasteiger partial charge in [0.1, 0.15) is 17.3 Å². The number of aryl methyl sites for hydroxylation is 1. The fourth-order valence-electron chi connectivity index (χ4n) is 1.79. The maximum atomic E-state index is 12.3. The predicted molar refractivity (Wildman–Crippen MR) is 73.6 cm³/mol. The van der Waals surface area contributed by atoms with Gasteiger partial charge in [-0.1, -0.05) is 0 Å². The van der Waals surface area contributed by atoms with E-state index in [1.165, 1.54) is 17.4 Å². The molecule has 0 unspecified atom stereocenters. The Morgan fingerprint density at radius 3 is 2.45 bits per heavy atom. The van der Waals surface area contributed by atoms with Crippen LogP contribution in [0.15, 0.2) is 38.2 Å². The lowest BCUT2D eigenvalue weighted by atomic mass is 10.4. The van der Waals surface area contributed by atoms with Crippen LogP contribution in [-0.4, -0.2) is 26.8 Å². The largest absolute Gasteiger partial charge is 0.465 e. The van der Waals surface area contributed by atoms with Crippen LogP contribution in [0, 0.1) is 6.92 Å². The summed E-state index contributed by atoms with van der Waals surface area (Å²) in [5, 5.41) is 2.84. The molecule has 2 aromatic heterocycles. The molecule has 0 saturated carbocycles. The SMILES string of the molecule is CNCc1ccc(S(=O)(=O)N(C)Cc2ccc(C)o2)o1. The van der Waals surface area contributed by atoms with Gasteiger partial charge >= 0.3 is 0 Å². The minimum atomic E-state index is -3.65. The molecule has 0 amide bonds. The molecule has 6 nitrogen and oxygen atoms in total. The molecule has 0 fully saturated rings. The Hall–Kier alpha value is -1.57. The summed E-state index contributed by atoms with van der Waals surface area (Å²) in [4.78, 5) is 0. The molecule has 0 spiro atoms. The average molecular weight is 298 g/mol. The molecular weight excluding hydrogens is 280 g/mol. The highest BCUT2D eigenvalue weighted by Crippen LogP contribution is 2.20. The average Bonchev–Trinajstić information content (AvgIpc) is 2.99. The van der Waals surface area contributed by atoms with Crippen molar-refractivity contribution in [2.75, 3.05) is 14.1 Å². The number of nitrogens with zero attached hydrogens (tertiary/aromatic N) is 1. The van der Waals surface area contributed by atoms with Gasteiger partial charge in [0.25, 0.3) is 10.0 Å². The molecule has 0 aliphatic rings. The van der Waals surface area contributed by atoms with Crippen molar-refractivity contribution in [1.29, 1.82) is 0 Å². The molecule has 0 atom stereocenters. The Labute approximate surface area is 118 Å². The Bertz CT molecular complexity index is 672. The van der Waals surface area contributed by atoms with E-state index < -0.39 is 10.0 Å². The van der Waals surface area contributed by atoms with Crippen molar-refractivity contribution in [3.8, 4) is 0 Å². The summed E-state index contributed by atoms with van der Waals surface area (Å²) in [7, 11) is -0.387. The van der Waals surface area contributed by atoms with Crippen molar-refractivity contribution < 1.29 is 17.3 Å². The number of hydrogen-bond donors (Lipinski definition) is 1. The first-order valence-electron chi connectivity index (χ1n) is 6.18. The lowest BCUT2D eigenvalue weighted by molar-refractivity contribution is 0.365. The van der Waals surface area contributed by atoms with Gasteiger partial charge in [-0.05, 0) is 38.2 Å². The third-order valence-electron chi connectivity index (χ3n) is 2.83. The van der Waals surface area contributed by atoms with E-state index in [0.717, 1.165) is 5.76 Å². The minimum Gasteiger partial charge on any atom is -0.465 e. The summed E-state index contributed by atoms with van der Waals surface area (Å²) in [6.07, 6.45) is 0. The summed E-state index contributed by atoms with van der Waals surface area (Å²) in [6.45, 7) is 2.46. The first-order valence-corrected chi connectivity index (χ1v) is 7.62. The molecule has 20 heavy (non-hydrogen) atoms. The Balaban J connectivity index is 2.15. The fourth-order valence-corrected chi connectivity index (χ4v) is 2.85. The smallest absolute Gasteiger partial charge is 0.276 e. The van der Waals surface area contributed by atoms with E-state index in [2.05, 4.69) is 5.32 Å². The molecule has 2 rings (SSSR count). The van der Waals surface area contributed by atoms with Crippen molar-refractivity contribution >= 4 is 10.0 Å². The van der Waals surface area contributed by atoms with E-state index in [1.54, 1.807) is 25.2 Å². The third-order valence-corrected chi connectivity index (χ3v) is 4.50.